The van der Waals surface area contributed by atoms with Crippen molar-refractivity contribution < 1.29 is 18.3 Å². The fourth-order valence-electron chi connectivity index (χ4n) is 2.68. The maximum Gasteiger partial charge on any atom is 0.340 e. The number of piperidine rings is 1. The summed E-state index contributed by atoms with van der Waals surface area (Å²) in [6, 6.07) is -0.125. The van der Waals surface area contributed by atoms with Crippen molar-refractivity contribution in [2.75, 3.05) is 19.6 Å². The molecule has 1 aromatic heterocycles. The Morgan fingerprint density at radius 1 is 1.43 bits per heavy atom. The highest BCUT2D eigenvalue weighted by Gasteiger charge is 2.36. The maximum absolute atomic E-state index is 12.8. The number of aromatic amines is 1. The molecule has 118 valence electrons. The number of hydrogen-bond donors (Lipinski definition) is 3. The third-order valence-electron chi connectivity index (χ3n) is 3.71. The summed E-state index contributed by atoms with van der Waals surface area (Å²) >= 11 is 0. The Morgan fingerprint density at radius 3 is 2.57 bits per heavy atom. The molecule has 0 saturated carbocycles. The SMILES string of the molecule is CCN(C1CCNCC1)S(=O)(=O)c1n[nH]c(C)c1C(=O)O. The van der Waals surface area contributed by atoms with Gasteiger partial charge in [0.05, 0.1) is 0 Å². The first-order valence-electron chi connectivity index (χ1n) is 6.90. The van der Waals surface area contributed by atoms with Crippen LogP contribution in [0.4, 0.5) is 0 Å². The molecule has 3 N–H and O–H groups in total. The van der Waals surface area contributed by atoms with Crippen LogP contribution in [0.25, 0.3) is 0 Å². The lowest BCUT2D eigenvalue weighted by atomic mass is 10.1. The molecular formula is C12H20N4O4S. The van der Waals surface area contributed by atoms with Gasteiger partial charge in [0, 0.05) is 18.3 Å². The number of carboxylic acid groups (broad SMARTS) is 1. The molecule has 9 heteroatoms. The zero-order chi connectivity index (χ0) is 15.6. The number of hydrogen-bond acceptors (Lipinski definition) is 5. The minimum absolute atomic E-state index is 0.125. The van der Waals surface area contributed by atoms with Gasteiger partial charge in [0.1, 0.15) is 5.56 Å². The summed E-state index contributed by atoms with van der Waals surface area (Å²) < 4.78 is 26.9. The van der Waals surface area contributed by atoms with E-state index in [1.165, 1.54) is 11.2 Å². The van der Waals surface area contributed by atoms with Crippen molar-refractivity contribution in [3.63, 3.8) is 0 Å². The Balaban J connectivity index is 2.42. The van der Waals surface area contributed by atoms with E-state index in [-0.39, 0.29) is 23.8 Å². The molecule has 1 fully saturated rings. The lowest BCUT2D eigenvalue weighted by Crippen LogP contribution is -2.46. The van der Waals surface area contributed by atoms with Crippen LogP contribution in [0.15, 0.2) is 5.03 Å². The molecule has 0 aromatic carbocycles. The van der Waals surface area contributed by atoms with Crippen LogP contribution in [0.5, 0.6) is 0 Å². The van der Waals surface area contributed by atoms with Crippen LogP contribution in [0.1, 0.15) is 35.8 Å². The average Bonchev–Trinajstić information content (AvgIpc) is 2.83. The zero-order valence-corrected chi connectivity index (χ0v) is 12.9. The van der Waals surface area contributed by atoms with E-state index in [4.69, 9.17) is 0 Å². The molecule has 0 spiro atoms. The molecule has 2 rings (SSSR count). The van der Waals surface area contributed by atoms with Gasteiger partial charge in [-0.3, -0.25) is 5.10 Å². The van der Waals surface area contributed by atoms with Crippen LogP contribution in [0.2, 0.25) is 0 Å². The van der Waals surface area contributed by atoms with Crippen LogP contribution in [0, 0.1) is 6.92 Å². The number of aromatic nitrogens is 2. The van der Waals surface area contributed by atoms with Crippen LogP contribution in [0.3, 0.4) is 0 Å². The molecule has 0 amide bonds. The van der Waals surface area contributed by atoms with E-state index >= 15 is 0 Å². The van der Waals surface area contributed by atoms with E-state index in [1.54, 1.807) is 6.92 Å². The van der Waals surface area contributed by atoms with Crippen molar-refractivity contribution in [1.82, 2.24) is 19.8 Å². The number of carbonyl (C=O) groups is 1. The molecule has 1 saturated heterocycles. The molecule has 0 atom stereocenters. The molecule has 0 aliphatic carbocycles. The van der Waals surface area contributed by atoms with E-state index in [9.17, 15) is 18.3 Å². The first-order chi connectivity index (χ1) is 9.89. The number of aryl methyl sites for hydroxylation is 1. The summed E-state index contributed by atoms with van der Waals surface area (Å²) in [4.78, 5) is 11.3. The molecular weight excluding hydrogens is 296 g/mol. The van der Waals surface area contributed by atoms with Crippen molar-refractivity contribution in [2.45, 2.75) is 37.8 Å². The summed E-state index contributed by atoms with van der Waals surface area (Å²) in [5.74, 6) is -1.29. The second-order valence-electron chi connectivity index (χ2n) is 5.02. The average molecular weight is 316 g/mol. The highest BCUT2D eigenvalue weighted by Crippen LogP contribution is 2.24. The van der Waals surface area contributed by atoms with E-state index in [0.717, 1.165) is 13.1 Å². The summed E-state index contributed by atoms with van der Waals surface area (Å²) in [7, 11) is -3.92. The molecule has 1 aliphatic heterocycles. The van der Waals surface area contributed by atoms with Crippen LogP contribution < -0.4 is 5.32 Å². The molecule has 2 heterocycles. The van der Waals surface area contributed by atoms with Gasteiger partial charge < -0.3 is 10.4 Å². The number of aromatic carboxylic acids is 1. The number of nitrogens with one attached hydrogen (secondary N) is 2. The number of nitrogens with zero attached hydrogens (tertiary/aromatic N) is 2. The van der Waals surface area contributed by atoms with Crippen LogP contribution in [-0.2, 0) is 10.0 Å². The highest BCUT2D eigenvalue weighted by atomic mass is 32.2. The van der Waals surface area contributed by atoms with Gasteiger partial charge >= 0.3 is 5.97 Å². The van der Waals surface area contributed by atoms with Gasteiger partial charge in [0.2, 0.25) is 5.03 Å². The van der Waals surface area contributed by atoms with Gasteiger partial charge in [0.15, 0.2) is 0 Å². The topological polar surface area (TPSA) is 115 Å². The monoisotopic (exact) mass is 316 g/mol. The maximum atomic E-state index is 12.8. The van der Waals surface area contributed by atoms with Gasteiger partial charge in [0.25, 0.3) is 10.0 Å². The molecule has 0 bridgehead atoms. The van der Waals surface area contributed by atoms with Gasteiger partial charge in [-0.15, -0.1) is 0 Å². The number of sulfonamides is 1. The van der Waals surface area contributed by atoms with Crippen LogP contribution >= 0.6 is 0 Å². The predicted octanol–water partition coefficient (Wildman–Crippen LogP) is 0.179. The van der Waals surface area contributed by atoms with Crippen molar-refractivity contribution in [3.05, 3.63) is 11.3 Å². The summed E-state index contributed by atoms with van der Waals surface area (Å²) in [5.41, 5.74) is -0.0372. The first kappa shape index (κ1) is 15.9. The fourth-order valence-corrected chi connectivity index (χ4v) is 4.50. The molecule has 0 radical (unpaired) electrons. The van der Waals surface area contributed by atoms with Gasteiger partial charge in [-0.25, -0.2) is 13.2 Å². The Labute approximate surface area is 123 Å². The lowest BCUT2D eigenvalue weighted by molar-refractivity contribution is 0.0691. The molecule has 1 aliphatic rings. The number of carboxylic acids is 1. The van der Waals surface area contributed by atoms with Crippen molar-refractivity contribution in [2.24, 2.45) is 0 Å². The Hall–Kier alpha value is -1.45. The Kier molecular flexibility index (Phi) is 4.64. The summed E-state index contributed by atoms with van der Waals surface area (Å²) in [5, 5.41) is 18.2. The first-order valence-corrected chi connectivity index (χ1v) is 8.34. The zero-order valence-electron chi connectivity index (χ0n) is 12.1. The normalized spacial score (nSPS) is 17.3. The molecule has 1 aromatic rings. The minimum Gasteiger partial charge on any atom is -0.478 e. The smallest absolute Gasteiger partial charge is 0.340 e. The van der Waals surface area contributed by atoms with Gasteiger partial charge in [-0.2, -0.15) is 9.40 Å². The van der Waals surface area contributed by atoms with E-state index in [0.29, 0.717) is 12.8 Å². The Bertz CT molecular complexity index is 619. The summed E-state index contributed by atoms with van der Waals surface area (Å²) in [6.45, 7) is 5.04. The predicted molar refractivity (Wildman–Crippen MR) is 75.7 cm³/mol. The lowest BCUT2D eigenvalue weighted by Gasteiger charge is -2.32. The van der Waals surface area contributed by atoms with E-state index in [2.05, 4.69) is 15.5 Å². The fraction of sp³-hybridized carbons (Fsp3) is 0.667. The molecule has 0 unspecified atom stereocenters. The number of H-pyrrole nitrogens is 1. The van der Waals surface area contributed by atoms with E-state index in [1.807, 2.05) is 0 Å². The summed E-state index contributed by atoms with van der Waals surface area (Å²) in [6.07, 6.45) is 1.41. The quantitative estimate of drug-likeness (QED) is 0.713. The molecule has 21 heavy (non-hydrogen) atoms. The third kappa shape index (κ3) is 2.94. The van der Waals surface area contributed by atoms with Crippen LogP contribution in [-0.4, -0.2) is 59.7 Å². The van der Waals surface area contributed by atoms with E-state index < -0.39 is 21.0 Å². The standard InChI is InChI=1S/C12H20N4O4S/c1-3-16(9-4-6-13-7-5-9)21(19,20)11-10(12(17)18)8(2)14-15-11/h9,13H,3-7H2,1-2H3,(H,14,15)(H,17,18). The van der Waals surface area contributed by atoms with Crippen molar-refractivity contribution in [1.29, 1.82) is 0 Å². The van der Waals surface area contributed by atoms with Crippen molar-refractivity contribution >= 4 is 16.0 Å². The highest BCUT2D eigenvalue weighted by molar-refractivity contribution is 7.89. The number of rotatable bonds is 5. The van der Waals surface area contributed by atoms with Gasteiger partial charge in [-0.05, 0) is 32.9 Å². The second-order valence-corrected chi connectivity index (χ2v) is 6.83. The molecule has 8 nitrogen and oxygen atoms in total. The largest absolute Gasteiger partial charge is 0.478 e. The minimum atomic E-state index is -3.92. The Morgan fingerprint density at radius 2 is 2.05 bits per heavy atom. The van der Waals surface area contributed by atoms with Gasteiger partial charge in [-0.1, -0.05) is 6.92 Å². The third-order valence-corrected chi connectivity index (χ3v) is 5.67. The van der Waals surface area contributed by atoms with Crippen molar-refractivity contribution in [3.8, 4) is 0 Å². The second kappa shape index (κ2) is 6.12.